The Morgan fingerprint density at radius 2 is 1.62 bits per heavy atom. The molecule has 1 unspecified atom stereocenters. The molecule has 34 heavy (non-hydrogen) atoms. The van der Waals surface area contributed by atoms with E-state index in [9.17, 15) is 4.79 Å². The van der Waals surface area contributed by atoms with Gasteiger partial charge in [0, 0.05) is 53.2 Å². The number of hydrogen-bond acceptors (Lipinski definition) is 6. The lowest BCUT2D eigenvalue weighted by molar-refractivity contribution is 0.605. The van der Waals surface area contributed by atoms with E-state index in [0.29, 0.717) is 22.3 Å². The van der Waals surface area contributed by atoms with Crippen LogP contribution in [0, 0.1) is 13.8 Å². The molecular formula is C28H24N4O2. The van der Waals surface area contributed by atoms with E-state index in [0.717, 1.165) is 33.6 Å². The SMILES string of the molecule is Cc1cc(C(C)Nc2cccnc2-c2cccnc2)c2oc(-c3cccnc3)c(C)c(=O)c2c1. The smallest absolute Gasteiger partial charge is 0.196 e. The van der Waals surface area contributed by atoms with Crippen molar-refractivity contribution in [3.63, 3.8) is 0 Å². The molecule has 0 aliphatic heterocycles. The van der Waals surface area contributed by atoms with E-state index in [-0.39, 0.29) is 11.5 Å². The summed E-state index contributed by atoms with van der Waals surface area (Å²) in [7, 11) is 0. The molecule has 0 spiro atoms. The molecule has 168 valence electrons. The second-order valence-electron chi connectivity index (χ2n) is 8.37. The van der Waals surface area contributed by atoms with Gasteiger partial charge in [-0.1, -0.05) is 6.07 Å². The summed E-state index contributed by atoms with van der Waals surface area (Å²) >= 11 is 0. The number of aromatic nitrogens is 3. The number of nitrogens with one attached hydrogen (secondary N) is 1. The summed E-state index contributed by atoms with van der Waals surface area (Å²) in [5.74, 6) is 0.542. The van der Waals surface area contributed by atoms with E-state index in [2.05, 4.69) is 33.3 Å². The quantitative estimate of drug-likeness (QED) is 0.350. The zero-order chi connectivity index (χ0) is 23.7. The molecule has 6 heteroatoms. The third-order valence-corrected chi connectivity index (χ3v) is 5.90. The van der Waals surface area contributed by atoms with Gasteiger partial charge in [0.25, 0.3) is 0 Å². The first-order chi connectivity index (χ1) is 16.5. The highest BCUT2D eigenvalue weighted by Crippen LogP contribution is 2.33. The van der Waals surface area contributed by atoms with E-state index in [1.165, 1.54) is 0 Å². The van der Waals surface area contributed by atoms with E-state index in [1.54, 1.807) is 37.9 Å². The Bertz CT molecular complexity index is 1530. The van der Waals surface area contributed by atoms with E-state index < -0.39 is 0 Å². The van der Waals surface area contributed by atoms with Crippen LogP contribution in [-0.2, 0) is 0 Å². The van der Waals surface area contributed by atoms with Gasteiger partial charge in [0.05, 0.1) is 22.8 Å². The number of benzene rings is 1. The molecule has 0 aliphatic carbocycles. The van der Waals surface area contributed by atoms with Gasteiger partial charge >= 0.3 is 0 Å². The molecule has 0 amide bonds. The molecule has 0 bridgehead atoms. The van der Waals surface area contributed by atoms with Gasteiger partial charge in [-0.15, -0.1) is 0 Å². The Hall–Kier alpha value is -4.32. The summed E-state index contributed by atoms with van der Waals surface area (Å²) in [6.45, 7) is 5.84. The maximum atomic E-state index is 13.3. The third kappa shape index (κ3) is 3.94. The maximum absolute atomic E-state index is 13.3. The topological polar surface area (TPSA) is 80.9 Å². The van der Waals surface area contributed by atoms with Crippen LogP contribution in [0.25, 0.3) is 33.6 Å². The van der Waals surface area contributed by atoms with E-state index in [1.807, 2.05) is 49.4 Å². The fraction of sp³-hybridized carbons (Fsp3) is 0.143. The standard InChI is InChI=1S/C28H24N4O2/c1-17-13-22(19(3)32-24-9-6-12-31-25(24)20-7-4-10-29-15-20)28-23(14-17)26(33)18(2)27(34-28)21-8-5-11-30-16-21/h4-16,19,32H,1-3H3. The molecule has 0 radical (unpaired) electrons. The second-order valence-corrected chi connectivity index (χ2v) is 8.37. The van der Waals surface area contributed by atoms with Crippen LogP contribution in [0.1, 0.15) is 29.7 Å². The second kappa shape index (κ2) is 8.90. The monoisotopic (exact) mass is 448 g/mol. The molecule has 1 atom stereocenters. The molecule has 5 rings (SSSR count). The van der Waals surface area contributed by atoms with Crippen molar-refractivity contribution in [2.45, 2.75) is 26.8 Å². The summed E-state index contributed by atoms with van der Waals surface area (Å²) in [4.78, 5) is 26.3. The Balaban J connectivity index is 1.64. The van der Waals surface area contributed by atoms with Crippen molar-refractivity contribution in [2.24, 2.45) is 0 Å². The highest BCUT2D eigenvalue weighted by atomic mass is 16.3. The molecule has 6 nitrogen and oxygen atoms in total. The van der Waals surface area contributed by atoms with Crippen LogP contribution in [0.15, 0.2) is 88.7 Å². The zero-order valence-electron chi connectivity index (χ0n) is 19.2. The number of fused-ring (bicyclic) bond motifs is 1. The van der Waals surface area contributed by atoms with Crippen LogP contribution >= 0.6 is 0 Å². The van der Waals surface area contributed by atoms with Gasteiger partial charge in [0.15, 0.2) is 5.43 Å². The Labute approximate surface area is 197 Å². The van der Waals surface area contributed by atoms with Crippen LogP contribution < -0.4 is 10.7 Å². The number of hydrogen-bond donors (Lipinski definition) is 1. The van der Waals surface area contributed by atoms with Crippen LogP contribution in [0.4, 0.5) is 5.69 Å². The van der Waals surface area contributed by atoms with Crippen molar-refractivity contribution in [3.8, 4) is 22.6 Å². The summed E-state index contributed by atoms with van der Waals surface area (Å²) < 4.78 is 6.41. The van der Waals surface area contributed by atoms with Crippen molar-refractivity contribution in [3.05, 3.63) is 106 Å². The lowest BCUT2D eigenvalue weighted by atomic mass is 9.99. The highest BCUT2D eigenvalue weighted by molar-refractivity contribution is 5.85. The number of anilines is 1. The summed E-state index contributed by atoms with van der Waals surface area (Å²) in [6.07, 6.45) is 8.71. The fourth-order valence-corrected chi connectivity index (χ4v) is 4.23. The minimum Gasteiger partial charge on any atom is -0.455 e. The molecule has 5 aromatic rings. The van der Waals surface area contributed by atoms with Gasteiger partial charge in [0.1, 0.15) is 11.3 Å². The Kier molecular flexibility index (Phi) is 5.64. The van der Waals surface area contributed by atoms with Crippen molar-refractivity contribution in [1.29, 1.82) is 0 Å². The first-order valence-corrected chi connectivity index (χ1v) is 11.1. The summed E-state index contributed by atoms with van der Waals surface area (Å²) in [5.41, 5.74) is 6.40. The Morgan fingerprint density at radius 3 is 2.32 bits per heavy atom. The van der Waals surface area contributed by atoms with Gasteiger partial charge in [-0.3, -0.25) is 19.7 Å². The van der Waals surface area contributed by atoms with Crippen LogP contribution in [0.3, 0.4) is 0 Å². The summed E-state index contributed by atoms with van der Waals surface area (Å²) in [5, 5.41) is 4.15. The molecular weight excluding hydrogens is 424 g/mol. The molecule has 4 aromatic heterocycles. The number of aryl methyl sites for hydroxylation is 1. The molecule has 0 aliphatic rings. The largest absolute Gasteiger partial charge is 0.455 e. The van der Waals surface area contributed by atoms with Crippen LogP contribution in [0.5, 0.6) is 0 Å². The lowest BCUT2D eigenvalue weighted by Crippen LogP contribution is -2.13. The zero-order valence-corrected chi connectivity index (χ0v) is 19.2. The van der Waals surface area contributed by atoms with Gasteiger partial charge in [-0.05, 0) is 68.8 Å². The average Bonchev–Trinajstić information content (AvgIpc) is 2.87. The van der Waals surface area contributed by atoms with E-state index in [4.69, 9.17) is 4.42 Å². The van der Waals surface area contributed by atoms with Crippen LogP contribution in [0.2, 0.25) is 0 Å². The maximum Gasteiger partial charge on any atom is 0.196 e. The molecule has 4 heterocycles. The minimum absolute atomic E-state index is 0.0327. The minimum atomic E-state index is -0.158. The molecule has 1 N–H and O–H groups in total. The number of rotatable bonds is 5. The van der Waals surface area contributed by atoms with Crippen molar-refractivity contribution >= 4 is 16.7 Å². The van der Waals surface area contributed by atoms with E-state index >= 15 is 0 Å². The fourth-order valence-electron chi connectivity index (χ4n) is 4.23. The lowest BCUT2D eigenvalue weighted by Gasteiger charge is -2.20. The number of nitrogens with zero attached hydrogens (tertiary/aromatic N) is 3. The molecule has 1 aromatic carbocycles. The molecule has 0 saturated heterocycles. The Morgan fingerprint density at radius 1 is 0.912 bits per heavy atom. The van der Waals surface area contributed by atoms with Crippen molar-refractivity contribution in [2.75, 3.05) is 5.32 Å². The molecule has 0 fully saturated rings. The first kappa shape index (κ1) is 21.5. The van der Waals surface area contributed by atoms with Gasteiger partial charge in [-0.25, -0.2) is 0 Å². The predicted octanol–water partition coefficient (Wildman–Crippen LogP) is 6.10. The summed E-state index contributed by atoms with van der Waals surface area (Å²) in [6, 6.07) is 15.3. The third-order valence-electron chi connectivity index (χ3n) is 5.90. The highest BCUT2D eigenvalue weighted by Gasteiger charge is 2.20. The van der Waals surface area contributed by atoms with Crippen molar-refractivity contribution in [1.82, 2.24) is 15.0 Å². The van der Waals surface area contributed by atoms with Gasteiger partial charge in [0.2, 0.25) is 0 Å². The average molecular weight is 449 g/mol. The first-order valence-electron chi connectivity index (χ1n) is 11.1. The van der Waals surface area contributed by atoms with Gasteiger partial charge in [-0.2, -0.15) is 0 Å². The predicted molar refractivity (Wildman–Crippen MR) is 135 cm³/mol. The number of pyridine rings is 3. The van der Waals surface area contributed by atoms with Crippen LogP contribution in [-0.4, -0.2) is 15.0 Å². The molecule has 0 saturated carbocycles. The van der Waals surface area contributed by atoms with Gasteiger partial charge < -0.3 is 9.73 Å². The normalized spacial score (nSPS) is 12.0. The van der Waals surface area contributed by atoms with Crippen molar-refractivity contribution < 1.29 is 4.42 Å².